The lowest BCUT2D eigenvalue weighted by Gasteiger charge is -2.23. The van der Waals surface area contributed by atoms with Crippen LogP contribution < -0.4 is 5.73 Å². The Hall–Kier alpha value is -0.900. The summed E-state index contributed by atoms with van der Waals surface area (Å²) in [6.07, 6.45) is 2.62. The molecule has 3 heteroatoms. The number of benzene rings is 1. The van der Waals surface area contributed by atoms with E-state index in [1.807, 2.05) is 0 Å². The SMILES string of the molecule is CCC1CN(Cc2cccc(CN)c2)CCCO1. The van der Waals surface area contributed by atoms with Crippen LogP contribution in [-0.2, 0) is 17.8 Å². The summed E-state index contributed by atoms with van der Waals surface area (Å²) in [7, 11) is 0. The zero-order valence-corrected chi connectivity index (χ0v) is 11.3. The van der Waals surface area contributed by atoms with Crippen LogP contribution in [0.15, 0.2) is 24.3 Å². The van der Waals surface area contributed by atoms with Gasteiger partial charge in [-0.05, 0) is 24.0 Å². The molecule has 100 valence electrons. The monoisotopic (exact) mass is 248 g/mol. The predicted octanol–water partition coefficient (Wildman–Crippen LogP) is 2.15. The highest BCUT2D eigenvalue weighted by molar-refractivity contribution is 5.23. The first kappa shape index (κ1) is 13.5. The maximum atomic E-state index is 5.80. The van der Waals surface area contributed by atoms with Gasteiger partial charge in [0.05, 0.1) is 6.10 Å². The normalized spacial score (nSPS) is 21.8. The molecule has 0 aliphatic carbocycles. The van der Waals surface area contributed by atoms with E-state index in [2.05, 4.69) is 36.1 Å². The van der Waals surface area contributed by atoms with Crippen molar-refractivity contribution in [2.45, 2.75) is 39.0 Å². The average Bonchev–Trinajstić information content (AvgIpc) is 2.64. The van der Waals surface area contributed by atoms with Gasteiger partial charge in [0, 0.05) is 32.8 Å². The van der Waals surface area contributed by atoms with Crippen molar-refractivity contribution in [2.24, 2.45) is 5.73 Å². The second-order valence-corrected chi connectivity index (χ2v) is 5.01. The Bertz CT molecular complexity index is 367. The van der Waals surface area contributed by atoms with Gasteiger partial charge in [0.25, 0.3) is 0 Å². The van der Waals surface area contributed by atoms with Crippen molar-refractivity contribution in [1.29, 1.82) is 0 Å². The van der Waals surface area contributed by atoms with Gasteiger partial charge >= 0.3 is 0 Å². The fourth-order valence-electron chi connectivity index (χ4n) is 2.47. The van der Waals surface area contributed by atoms with Crippen molar-refractivity contribution in [2.75, 3.05) is 19.7 Å². The summed E-state index contributed by atoms with van der Waals surface area (Å²) in [5, 5.41) is 0. The quantitative estimate of drug-likeness (QED) is 0.887. The molecule has 3 nitrogen and oxygen atoms in total. The summed E-state index contributed by atoms with van der Waals surface area (Å²) in [6, 6.07) is 8.59. The van der Waals surface area contributed by atoms with Crippen molar-refractivity contribution in [3.8, 4) is 0 Å². The third-order valence-electron chi connectivity index (χ3n) is 3.52. The van der Waals surface area contributed by atoms with E-state index in [-0.39, 0.29) is 0 Å². The molecule has 1 saturated heterocycles. The van der Waals surface area contributed by atoms with Gasteiger partial charge in [-0.25, -0.2) is 0 Å². The topological polar surface area (TPSA) is 38.5 Å². The summed E-state index contributed by atoms with van der Waals surface area (Å²) in [5.41, 5.74) is 8.26. The molecule has 1 aromatic carbocycles. The lowest BCUT2D eigenvalue weighted by molar-refractivity contribution is 0.0510. The first-order chi connectivity index (χ1) is 8.81. The van der Waals surface area contributed by atoms with E-state index in [1.165, 1.54) is 11.1 Å². The van der Waals surface area contributed by atoms with E-state index in [1.54, 1.807) is 0 Å². The summed E-state index contributed by atoms with van der Waals surface area (Å²) >= 11 is 0. The molecule has 0 spiro atoms. The average molecular weight is 248 g/mol. The van der Waals surface area contributed by atoms with Crippen molar-refractivity contribution in [3.63, 3.8) is 0 Å². The first-order valence-electron chi connectivity index (χ1n) is 6.93. The minimum Gasteiger partial charge on any atom is -0.377 e. The molecule has 0 radical (unpaired) electrons. The Labute approximate surface area is 110 Å². The van der Waals surface area contributed by atoms with Gasteiger partial charge < -0.3 is 10.5 Å². The predicted molar refractivity (Wildman–Crippen MR) is 74.3 cm³/mol. The number of ether oxygens (including phenoxy) is 1. The molecule has 0 aromatic heterocycles. The van der Waals surface area contributed by atoms with E-state index in [9.17, 15) is 0 Å². The highest BCUT2D eigenvalue weighted by Crippen LogP contribution is 2.13. The molecule has 0 bridgehead atoms. The molecule has 1 aliphatic heterocycles. The van der Waals surface area contributed by atoms with Gasteiger partial charge in [-0.2, -0.15) is 0 Å². The fourth-order valence-corrected chi connectivity index (χ4v) is 2.47. The van der Waals surface area contributed by atoms with Crippen LogP contribution in [0, 0.1) is 0 Å². The summed E-state index contributed by atoms with van der Waals surface area (Å²) in [6.45, 7) is 6.90. The molecule has 1 unspecified atom stereocenters. The molecule has 18 heavy (non-hydrogen) atoms. The van der Waals surface area contributed by atoms with Crippen LogP contribution in [0.3, 0.4) is 0 Å². The number of nitrogens with two attached hydrogens (primary N) is 1. The Morgan fingerprint density at radius 1 is 1.39 bits per heavy atom. The summed E-state index contributed by atoms with van der Waals surface area (Å²) < 4.78 is 5.80. The molecule has 0 saturated carbocycles. The maximum Gasteiger partial charge on any atom is 0.0699 e. The van der Waals surface area contributed by atoms with E-state index in [0.29, 0.717) is 12.6 Å². The lowest BCUT2D eigenvalue weighted by atomic mass is 10.1. The lowest BCUT2D eigenvalue weighted by Crippen LogP contribution is -2.31. The molecule has 2 N–H and O–H groups in total. The van der Waals surface area contributed by atoms with Crippen LogP contribution in [0.25, 0.3) is 0 Å². The van der Waals surface area contributed by atoms with Gasteiger partial charge in [0.15, 0.2) is 0 Å². The Morgan fingerprint density at radius 2 is 2.22 bits per heavy atom. The van der Waals surface area contributed by atoms with Crippen molar-refractivity contribution >= 4 is 0 Å². The Morgan fingerprint density at radius 3 is 3.00 bits per heavy atom. The van der Waals surface area contributed by atoms with Gasteiger partial charge in [0.2, 0.25) is 0 Å². The second-order valence-electron chi connectivity index (χ2n) is 5.01. The Balaban J connectivity index is 1.98. The third-order valence-corrected chi connectivity index (χ3v) is 3.52. The highest BCUT2D eigenvalue weighted by Gasteiger charge is 2.17. The van der Waals surface area contributed by atoms with Gasteiger partial charge in [-0.3, -0.25) is 4.90 Å². The smallest absolute Gasteiger partial charge is 0.0699 e. The largest absolute Gasteiger partial charge is 0.377 e. The number of nitrogens with zero attached hydrogens (tertiary/aromatic N) is 1. The van der Waals surface area contributed by atoms with Crippen molar-refractivity contribution in [1.82, 2.24) is 4.90 Å². The van der Waals surface area contributed by atoms with Crippen LogP contribution in [-0.4, -0.2) is 30.7 Å². The first-order valence-corrected chi connectivity index (χ1v) is 6.93. The van der Waals surface area contributed by atoms with Gasteiger partial charge in [0.1, 0.15) is 0 Å². The van der Waals surface area contributed by atoms with E-state index in [4.69, 9.17) is 10.5 Å². The van der Waals surface area contributed by atoms with Gasteiger partial charge in [-0.1, -0.05) is 31.2 Å². The number of hydrogen-bond donors (Lipinski definition) is 1. The molecule has 2 rings (SSSR count). The molecule has 1 heterocycles. The minimum atomic E-state index is 0.394. The van der Waals surface area contributed by atoms with Crippen molar-refractivity contribution < 1.29 is 4.74 Å². The van der Waals surface area contributed by atoms with Crippen LogP contribution in [0.4, 0.5) is 0 Å². The number of rotatable bonds is 4. The molecular weight excluding hydrogens is 224 g/mol. The van der Waals surface area contributed by atoms with Crippen LogP contribution in [0.5, 0.6) is 0 Å². The standard InChI is InChI=1S/C15H24N2O/c1-2-15-12-17(7-4-8-18-15)11-14-6-3-5-13(9-14)10-16/h3,5-6,9,15H,2,4,7-8,10-12,16H2,1H3. The Kier molecular flexibility index (Phi) is 5.17. The van der Waals surface area contributed by atoms with E-state index in [0.717, 1.165) is 39.1 Å². The molecule has 1 fully saturated rings. The fraction of sp³-hybridized carbons (Fsp3) is 0.600. The molecule has 1 aromatic rings. The second kappa shape index (κ2) is 6.88. The zero-order chi connectivity index (χ0) is 12.8. The molecule has 1 aliphatic rings. The van der Waals surface area contributed by atoms with Crippen LogP contribution in [0.2, 0.25) is 0 Å². The summed E-state index contributed by atoms with van der Waals surface area (Å²) in [5.74, 6) is 0. The zero-order valence-electron chi connectivity index (χ0n) is 11.3. The summed E-state index contributed by atoms with van der Waals surface area (Å²) in [4.78, 5) is 2.50. The maximum absolute atomic E-state index is 5.80. The van der Waals surface area contributed by atoms with Crippen LogP contribution >= 0.6 is 0 Å². The minimum absolute atomic E-state index is 0.394. The van der Waals surface area contributed by atoms with Crippen molar-refractivity contribution in [3.05, 3.63) is 35.4 Å². The highest BCUT2D eigenvalue weighted by atomic mass is 16.5. The van der Waals surface area contributed by atoms with E-state index < -0.39 is 0 Å². The number of hydrogen-bond acceptors (Lipinski definition) is 3. The van der Waals surface area contributed by atoms with Gasteiger partial charge in [-0.15, -0.1) is 0 Å². The molecule has 0 amide bonds. The molecule has 1 atom stereocenters. The van der Waals surface area contributed by atoms with Crippen LogP contribution in [0.1, 0.15) is 30.9 Å². The third kappa shape index (κ3) is 3.80. The molecular formula is C15H24N2O. The van der Waals surface area contributed by atoms with E-state index >= 15 is 0 Å².